The molecule has 2 fully saturated rings. The zero-order valence-corrected chi connectivity index (χ0v) is 11.3. The monoisotopic (exact) mass is 248 g/mol. The summed E-state index contributed by atoms with van der Waals surface area (Å²) in [6.07, 6.45) is 11.6. The molecule has 4 unspecified atom stereocenters. The Hall–Kier alpha value is -0.830. The average Bonchev–Trinajstić information content (AvgIpc) is 2.88. The Bertz CT molecular complexity index is 399. The van der Waals surface area contributed by atoms with Crippen LogP contribution in [0.15, 0.2) is 10.6 Å². The molecular formula is C15H24N2O. The van der Waals surface area contributed by atoms with E-state index < -0.39 is 0 Å². The number of aromatic nitrogens is 1. The van der Waals surface area contributed by atoms with Crippen LogP contribution in [0, 0.1) is 11.8 Å². The smallest absolute Gasteiger partial charge is 0.211 e. The molecule has 1 aromatic heterocycles. The maximum Gasteiger partial charge on any atom is 0.211 e. The van der Waals surface area contributed by atoms with Crippen LogP contribution >= 0.6 is 0 Å². The van der Waals surface area contributed by atoms with Gasteiger partial charge in [0.25, 0.3) is 0 Å². The Morgan fingerprint density at radius 1 is 1.22 bits per heavy atom. The zero-order valence-electron chi connectivity index (χ0n) is 11.3. The molecule has 0 saturated heterocycles. The molecule has 1 aromatic rings. The summed E-state index contributed by atoms with van der Waals surface area (Å²) < 4.78 is 5.83. The van der Waals surface area contributed by atoms with Gasteiger partial charge in [-0.15, -0.1) is 0 Å². The molecule has 3 rings (SSSR count). The van der Waals surface area contributed by atoms with Gasteiger partial charge in [0, 0.05) is 5.92 Å². The molecule has 3 nitrogen and oxygen atoms in total. The fourth-order valence-corrected chi connectivity index (χ4v) is 3.83. The van der Waals surface area contributed by atoms with Gasteiger partial charge in [-0.1, -0.05) is 25.7 Å². The number of oxazole rings is 1. The lowest BCUT2D eigenvalue weighted by Crippen LogP contribution is -2.26. The highest BCUT2D eigenvalue weighted by molar-refractivity contribution is 5.06. The lowest BCUT2D eigenvalue weighted by atomic mass is 9.67. The van der Waals surface area contributed by atoms with E-state index in [0.717, 1.165) is 17.6 Å². The van der Waals surface area contributed by atoms with E-state index in [2.05, 4.69) is 4.98 Å². The van der Waals surface area contributed by atoms with Crippen LogP contribution in [0.1, 0.15) is 75.5 Å². The minimum Gasteiger partial charge on any atom is -0.444 e. The van der Waals surface area contributed by atoms with Gasteiger partial charge in [0.15, 0.2) is 0 Å². The third kappa shape index (κ3) is 2.33. The third-order valence-corrected chi connectivity index (χ3v) is 4.87. The number of fused-ring (bicyclic) bond motifs is 1. The molecule has 4 atom stereocenters. The first-order valence-corrected chi connectivity index (χ1v) is 7.45. The Labute approximate surface area is 109 Å². The van der Waals surface area contributed by atoms with E-state index in [4.69, 9.17) is 10.2 Å². The molecule has 1 heterocycles. The normalized spacial score (nSPS) is 34.0. The summed E-state index contributed by atoms with van der Waals surface area (Å²) in [7, 11) is 0. The SMILES string of the molecule is CC(N)c1ncc(C2CCC3CCCCC3C2)o1. The van der Waals surface area contributed by atoms with Crippen LogP contribution in [-0.2, 0) is 0 Å². The number of hydrogen-bond acceptors (Lipinski definition) is 3. The number of hydrogen-bond donors (Lipinski definition) is 1. The van der Waals surface area contributed by atoms with Crippen molar-refractivity contribution in [2.24, 2.45) is 17.6 Å². The van der Waals surface area contributed by atoms with Gasteiger partial charge in [0.1, 0.15) is 5.76 Å². The lowest BCUT2D eigenvalue weighted by Gasteiger charge is -2.38. The van der Waals surface area contributed by atoms with Crippen molar-refractivity contribution in [1.29, 1.82) is 0 Å². The molecule has 2 aliphatic rings. The van der Waals surface area contributed by atoms with Crippen molar-refractivity contribution in [3.8, 4) is 0 Å². The molecule has 18 heavy (non-hydrogen) atoms. The van der Waals surface area contributed by atoms with Gasteiger partial charge < -0.3 is 10.2 Å². The number of nitrogens with zero attached hydrogens (tertiary/aromatic N) is 1. The Morgan fingerprint density at radius 3 is 2.72 bits per heavy atom. The van der Waals surface area contributed by atoms with E-state index in [1.807, 2.05) is 13.1 Å². The molecule has 0 bridgehead atoms. The van der Waals surface area contributed by atoms with Crippen molar-refractivity contribution < 1.29 is 4.42 Å². The van der Waals surface area contributed by atoms with Crippen molar-refractivity contribution >= 4 is 0 Å². The molecule has 2 saturated carbocycles. The van der Waals surface area contributed by atoms with Gasteiger partial charge in [-0.2, -0.15) is 0 Å². The first kappa shape index (κ1) is 12.2. The number of rotatable bonds is 2. The summed E-state index contributed by atoms with van der Waals surface area (Å²) in [6.45, 7) is 1.92. The summed E-state index contributed by atoms with van der Waals surface area (Å²) in [5, 5.41) is 0. The van der Waals surface area contributed by atoms with Crippen LogP contribution < -0.4 is 5.73 Å². The van der Waals surface area contributed by atoms with Crippen LogP contribution in [0.25, 0.3) is 0 Å². The van der Waals surface area contributed by atoms with E-state index in [9.17, 15) is 0 Å². The second kappa shape index (κ2) is 5.04. The van der Waals surface area contributed by atoms with Crippen molar-refractivity contribution in [3.05, 3.63) is 17.8 Å². The molecule has 0 amide bonds. The standard InChI is InChI=1S/C15H24N2O/c1-10(16)15-17-9-14(18-15)13-7-6-11-4-2-3-5-12(11)8-13/h9-13H,2-8,16H2,1H3. The molecule has 0 aliphatic heterocycles. The van der Waals surface area contributed by atoms with Crippen molar-refractivity contribution in [2.45, 2.75) is 63.8 Å². The summed E-state index contributed by atoms with van der Waals surface area (Å²) in [5.74, 6) is 4.28. The molecular weight excluding hydrogens is 224 g/mol. The van der Waals surface area contributed by atoms with Crippen molar-refractivity contribution in [1.82, 2.24) is 4.98 Å². The summed E-state index contributed by atoms with van der Waals surface area (Å²) in [4.78, 5) is 4.30. The fourth-order valence-electron chi connectivity index (χ4n) is 3.83. The molecule has 100 valence electrons. The van der Waals surface area contributed by atoms with Gasteiger partial charge in [-0.25, -0.2) is 4.98 Å². The van der Waals surface area contributed by atoms with Gasteiger partial charge in [-0.3, -0.25) is 0 Å². The Kier molecular flexibility index (Phi) is 3.42. The van der Waals surface area contributed by atoms with Crippen LogP contribution in [0.2, 0.25) is 0 Å². The predicted molar refractivity (Wildman–Crippen MR) is 71.1 cm³/mol. The first-order valence-electron chi connectivity index (χ1n) is 7.45. The third-order valence-electron chi connectivity index (χ3n) is 4.87. The van der Waals surface area contributed by atoms with E-state index in [1.165, 1.54) is 44.9 Å². The topological polar surface area (TPSA) is 52.0 Å². The van der Waals surface area contributed by atoms with Crippen LogP contribution in [0.3, 0.4) is 0 Å². The Balaban J connectivity index is 1.69. The minimum absolute atomic E-state index is 0.0928. The second-order valence-corrected chi connectivity index (χ2v) is 6.20. The van der Waals surface area contributed by atoms with Gasteiger partial charge >= 0.3 is 0 Å². The van der Waals surface area contributed by atoms with Crippen molar-refractivity contribution in [2.75, 3.05) is 0 Å². The highest BCUT2D eigenvalue weighted by Gasteiger charge is 2.34. The molecule has 0 aromatic carbocycles. The second-order valence-electron chi connectivity index (χ2n) is 6.20. The maximum atomic E-state index is 5.83. The van der Waals surface area contributed by atoms with E-state index in [-0.39, 0.29) is 6.04 Å². The zero-order chi connectivity index (χ0) is 12.5. The molecule has 3 heteroatoms. The maximum absolute atomic E-state index is 5.83. The molecule has 0 radical (unpaired) electrons. The molecule has 2 aliphatic carbocycles. The summed E-state index contributed by atoms with van der Waals surface area (Å²) in [5.41, 5.74) is 5.81. The summed E-state index contributed by atoms with van der Waals surface area (Å²) >= 11 is 0. The van der Waals surface area contributed by atoms with Crippen LogP contribution in [0.5, 0.6) is 0 Å². The quantitative estimate of drug-likeness (QED) is 0.866. The molecule has 2 N–H and O–H groups in total. The van der Waals surface area contributed by atoms with Crippen LogP contribution in [0.4, 0.5) is 0 Å². The van der Waals surface area contributed by atoms with Gasteiger partial charge in [0.05, 0.1) is 12.2 Å². The predicted octanol–water partition coefficient (Wildman–Crippen LogP) is 3.77. The Morgan fingerprint density at radius 2 is 2.00 bits per heavy atom. The highest BCUT2D eigenvalue weighted by Crippen LogP contribution is 2.46. The van der Waals surface area contributed by atoms with E-state index in [1.54, 1.807) is 0 Å². The summed E-state index contributed by atoms with van der Waals surface area (Å²) in [6, 6.07) is -0.0928. The highest BCUT2D eigenvalue weighted by atomic mass is 16.4. The van der Waals surface area contributed by atoms with E-state index >= 15 is 0 Å². The van der Waals surface area contributed by atoms with E-state index in [0.29, 0.717) is 11.8 Å². The molecule has 0 spiro atoms. The fraction of sp³-hybridized carbons (Fsp3) is 0.800. The van der Waals surface area contributed by atoms with Gasteiger partial charge in [0.2, 0.25) is 5.89 Å². The minimum atomic E-state index is -0.0928. The van der Waals surface area contributed by atoms with Crippen LogP contribution in [-0.4, -0.2) is 4.98 Å². The largest absolute Gasteiger partial charge is 0.444 e. The van der Waals surface area contributed by atoms with Gasteiger partial charge in [-0.05, 0) is 38.0 Å². The van der Waals surface area contributed by atoms with Crippen molar-refractivity contribution in [3.63, 3.8) is 0 Å². The lowest BCUT2D eigenvalue weighted by molar-refractivity contribution is 0.147. The number of nitrogens with two attached hydrogens (primary N) is 1. The average molecular weight is 248 g/mol. The first-order chi connectivity index (χ1) is 8.74.